The van der Waals surface area contributed by atoms with Gasteiger partial charge in [0.1, 0.15) is 36.3 Å². The lowest BCUT2D eigenvalue weighted by Crippen LogP contribution is -2.32. The SMILES string of the molecule is OCC1O[C@@H](c2coc3c(NCc4ccccc4)ncnc23)[C@H](O)[C@@H]1O. The highest BCUT2D eigenvalue weighted by Gasteiger charge is 2.44. The third-order valence-corrected chi connectivity index (χ3v) is 4.53. The molecule has 1 aromatic carbocycles. The smallest absolute Gasteiger partial charge is 0.194 e. The van der Waals surface area contributed by atoms with Gasteiger partial charge in [-0.1, -0.05) is 30.3 Å². The summed E-state index contributed by atoms with van der Waals surface area (Å²) in [4.78, 5) is 8.45. The molecule has 1 aliphatic rings. The third kappa shape index (κ3) is 2.93. The van der Waals surface area contributed by atoms with Crippen molar-refractivity contribution in [2.45, 2.75) is 31.0 Å². The quantitative estimate of drug-likeness (QED) is 0.533. The van der Waals surface area contributed by atoms with Gasteiger partial charge in [-0.15, -0.1) is 0 Å². The number of furan rings is 1. The maximum Gasteiger partial charge on any atom is 0.194 e. The summed E-state index contributed by atoms with van der Waals surface area (Å²) in [6.45, 7) is 0.181. The van der Waals surface area contributed by atoms with Gasteiger partial charge in [0, 0.05) is 12.1 Å². The predicted molar refractivity (Wildman–Crippen MR) is 92.3 cm³/mol. The van der Waals surface area contributed by atoms with Gasteiger partial charge in [0.05, 0.1) is 12.9 Å². The van der Waals surface area contributed by atoms with Gasteiger partial charge >= 0.3 is 0 Å². The van der Waals surface area contributed by atoms with E-state index in [-0.39, 0.29) is 6.61 Å². The highest BCUT2D eigenvalue weighted by atomic mass is 16.6. The lowest BCUT2D eigenvalue weighted by Gasteiger charge is -2.12. The average Bonchev–Trinajstić information content (AvgIpc) is 3.23. The van der Waals surface area contributed by atoms with E-state index >= 15 is 0 Å². The predicted octanol–water partition coefficient (Wildman–Crippen LogP) is 0.989. The number of aromatic nitrogens is 2. The Balaban J connectivity index is 1.61. The van der Waals surface area contributed by atoms with E-state index in [4.69, 9.17) is 9.15 Å². The zero-order valence-electron chi connectivity index (χ0n) is 13.8. The van der Waals surface area contributed by atoms with Gasteiger partial charge in [-0.05, 0) is 5.56 Å². The number of anilines is 1. The Morgan fingerprint density at radius 3 is 2.62 bits per heavy atom. The largest absolute Gasteiger partial charge is 0.458 e. The Labute approximate surface area is 149 Å². The molecule has 3 aromatic rings. The fourth-order valence-electron chi connectivity index (χ4n) is 3.14. The molecule has 1 unspecified atom stereocenters. The molecule has 2 aromatic heterocycles. The fourth-order valence-corrected chi connectivity index (χ4v) is 3.14. The van der Waals surface area contributed by atoms with Gasteiger partial charge in [0.25, 0.3) is 0 Å². The lowest BCUT2D eigenvalue weighted by molar-refractivity contribution is -0.0226. The molecule has 4 rings (SSSR count). The Bertz CT molecular complexity index is 885. The van der Waals surface area contributed by atoms with Gasteiger partial charge in [-0.25, -0.2) is 9.97 Å². The van der Waals surface area contributed by atoms with E-state index in [1.165, 1.54) is 12.6 Å². The zero-order valence-corrected chi connectivity index (χ0v) is 13.8. The molecule has 0 spiro atoms. The first-order valence-electron chi connectivity index (χ1n) is 8.31. The molecule has 0 radical (unpaired) electrons. The molecule has 0 amide bonds. The Hall–Kier alpha value is -2.52. The van der Waals surface area contributed by atoms with Crippen molar-refractivity contribution in [3.63, 3.8) is 0 Å². The van der Waals surface area contributed by atoms with E-state index in [2.05, 4.69) is 15.3 Å². The van der Waals surface area contributed by atoms with Crippen LogP contribution in [-0.4, -0.2) is 50.2 Å². The summed E-state index contributed by atoms with van der Waals surface area (Å²) in [6, 6.07) is 9.86. The van der Waals surface area contributed by atoms with Crippen molar-refractivity contribution in [1.29, 1.82) is 0 Å². The number of rotatable bonds is 5. The maximum absolute atomic E-state index is 10.2. The van der Waals surface area contributed by atoms with Crippen LogP contribution in [0.5, 0.6) is 0 Å². The molecular formula is C18H19N3O5. The average molecular weight is 357 g/mol. The molecule has 0 saturated carbocycles. The van der Waals surface area contributed by atoms with E-state index in [0.29, 0.717) is 29.0 Å². The van der Waals surface area contributed by atoms with E-state index in [0.717, 1.165) is 5.56 Å². The number of hydrogen-bond acceptors (Lipinski definition) is 8. The van der Waals surface area contributed by atoms with Crippen molar-refractivity contribution in [1.82, 2.24) is 9.97 Å². The van der Waals surface area contributed by atoms with Gasteiger partial charge in [-0.3, -0.25) is 0 Å². The molecule has 3 heterocycles. The van der Waals surface area contributed by atoms with Crippen molar-refractivity contribution >= 4 is 16.9 Å². The second kappa shape index (κ2) is 7.00. The number of benzene rings is 1. The number of fused-ring (bicyclic) bond motifs is 1. The van der Waals surface area contributed by atoms with E-state index in [9.17, 15) is 15.3 Å². The molecule has 1 aliphatic heterocycles. The zero-order chi connectivity index (χ0) is 18.1. The van der Waals surface area contributed by atoms with Crippen LogP contribution in [0.25, 0.3) is 11.1 Å². The van der Waals surface area contributed by atoms with Crippen LogP contribution in [0.2, 0.25) is 0 Å². The van der Waals surface area contributed by atoms with Crippen LogP contribution in [-0.2, 0) is 11.3 Å². The van der Waals surface area contributed by atoms with Crippen molar-refractivity contribution in [2.75, 3.05) is 11.9 Å². The lowest BCUT2D eigenvalue weighted by atomic mass is 10.0. The van der Waals surface area contributed by atoms with Crippen molar-refractivity contribution in [2.24, 2.45) is 0 Å². The topological polar surface area (TPSA) is 121 Å². The number of nitrogens with one attached hydrogen (secondary N) is 1. The normalized spacial score (nSPS) is 25.7. The van der Waals surface area contributed by atoms with E-state index in [1.54, 1.807) is 0 Å². The summed E-state index contributed by atoms with van der Waals surface area (Å²) < 4.78 is 11.2. The minimum Gasteiger partial charge on any atom is -0.458 e. The Kier molecular flexibility index (Phi) is 4.56. The van der Waals surface area contributed by atoms with Gasteiger partial charge in [0.15, 0.2) is 11.4 Å². The van der Waals surface area contributed by atoms with Crippen LogP contribution in [0, 0.1) is 0 Å². The standard InChI is InChI=1S/C18H19N3O5/c22-7-12-14(23)15(24)16(26-12)11-8-25-17-13(11)20-9-21-18(17)19-6-10-4-2-1-3-5-10/h1-5,8-9,12,14-16,22-24H,6-7H2,(H,19,20,21)/t12?,14-,15-,16+/m1/s1. The summed E-state index contributed by atoms with van der Waals surface area (Å²) in [5.41, 5.74) is 2.53. The van der Waals surface area contributed by atoms with Crippen LogP contribution in [0.1, 0.15) is 17.2 Å². The van der Waals surface area contributed by atoms with Crippen LogP contribution < -0.4 is 5.32 Å². The number of ether oxygens (including phenoxy) is 1. The molecule has 136 valence electrons. The van der Waals surface area contributed by atoms with Gasteiger partial charge in [-0.2, -0.15) is 0 Å². The first kappa shape index (κ1) is 16.9. The highest BCUT2D eigenvalue weighted by molar-refractivity contribution is 5.86. The summed E-state index contributed by atoms with van der Waals surface area (Å²) >= 11 is 0. The van der Waals surface area contributed by atoms with Crippen LogP contribution >= 0.6 is 0 Å². The second-order valence-corrected chi connectivity index (χ2v) is 6.19. The molecule has 8 heteroatoms. The molecule has 8 nitrogen and oxygen atoms in total. The third-order valence-electron chi connectivity index (χ3n) is 4.53. The molecular weight excluding hydrogens is 338 g/mol. The van der Waals surface area contributed by atoms with Crippen LogP contribution in [0.3, 0.4) is 0 Å². The van der Waals surface area contributed by atoms with E-state index < -0.39 is 24.4 Å². The van der Waals surface area contributed by atoms with Gasteiger partial charge < -0.3 is 29.8 Å². The number of aliphatic hydroxyl groups is 3. The monoisotopic (exact) mass is 357 g/mol. The Morgan fingerprint density at radius 1 is 1.08 bits per heavy atom. The minimum atomic E-state index is -1.18. The summed E-state index contributed by atoms with van der Waals surface area (Å²) in [7, 11) is 0. The van der Waals surface area contributed by atoms with Gasteiger partial charge in [0.2, 0.25) is 0 Å². The van der Waals surface area contributed by atoms with Crippen molar-refractivity contribution < 1.29 is 24.5 Å². The maximum atomic E-state index is 10.2. The second-order valence-electron chi connectivity index (χ2n) is 6.19. The number of aliphatic hydroxyl groups excluding tert-OH is 3. The first-order valence-corrected chi connectivity index (χ1v) is 8.31. The summed E-state index contributed by atoms with van der Waals surface area (Å²) in [5.74, 6) is 0.525. The molecule has 26 heavy (non-hydrogen) atoms. The van der Waals surface area contributed by atoms with Crippen molar-refractivity contribution in [3.05, 3.63) is 54.0 Å². The summed E-state index contributed by atoms with van der Waals surface area (Å²) in [5, 5.41) is 32.6. The Morgan fingerprint density at radius 2 is 1.88 bits per heavy atom. The van der Waals surface area contributed by atoms with E-state index in [1.807, 2.05) is 30.3 Å². The minimum absolute atomic E-state index is 0.386. The first-order chi connectivity index (χ1) is 12.7. The molecule has 4 N–H and O–H groups in total. The molecule has 4 atom stereocenters. The van der Waals surface area contributed by atoms with Crippen LogP contribution in [0.4, 0.5) is 5.82 Å². The molecule has 0 bridgehead atoms. The van der Waals surface area contributed by atoms with Crippen LogP contribution in [0.15, 0.2) is 47.3 Å². The highest BCUT2D eigenvalue weighted by Crippen LogP contribution is 2.38. The van der Waals surface area contributed by atoms with Crippen molar-refractivity contribution in [3.8, 4) is 0 Å². The molecule has 1 fully saturated rings. The number of nitrogens with zero attached hydrogens (tertiary/aromatic N) is 2. The fraction of sp³-hybridized carbons (Fsp3) is 0.333. The number of hydrogen-bond donors (Lipinski definition) is 4. The molecule has 0 aliphatic carbocycles. The molecule has 1 saturated heterocycles. The summed E-state index contributed by atoms with van der Waals surface area (Å²) in [6.07, 6.45) is -1.20.